The van der Waals surface area contributed by atoms with Crippen LogP contribution in [0, 0.1) is 12.8 Å². The third kappa shape index (κ3) is 4.31. The number of hydrogen-bond acceptors (Lipinski definition) is 3. The third-order valence-electron chi connectivity index (χ3n) is 4.10. The summed E-state index contributed by atoms with van der Waals surface area (Å²) in [6.45, 7) is 3.91. The van der Waals surface area contributed by atoms with Gasteiger partial charge < -0.3 is 15.5 Å². The third-order valence-corrected chi connectivity index (χ3v) is 4.10. The number of nitrogens with zero attached hydrogens (tertiary/aromatic N) is 1. The average Bonchev–Trinajstić information content (AvgIpc) is 2.49. The topological polar surface area (TPSA) is 61.4 Å². The van der Waals surface area contributed by atoms with Gasteiger partial charge in [-0.15, -0.1) is 0 Å². The van der Waals surface area contributed by atoms with Gasteiger partial charge in [0.05, 0.1) is 0 Å². The number of nitrogens with one attached hydrogen (secondary N) is 2. The van der Waals surface area contributed by atoms with Gasteiger partial charge in [-0.1, -0.05) is 6.07 Å². The van der Waals surface area contributed by atoms with E-state index in [4.69, 9.17) is 0 Å². The summed E-state index contributed by atoms with van der Waals surface area (Å²) in [7, 11) is 3.44. The van der Waals surface area contributed by atoms with Crippen LogP contribution in [0.1, 0.15) is 35.2 Å². The van der Waals surface area contributed by atoms with Gasteiger partial charge >= 0.3 is 0 Å². The van der Waals surface area contributed by atoms with E-state index in [0.29, 0.717) is 17.9 Å². The molecular weight excluding hydrogens is 278 g/mol. The second-order valence-electron chi connectivity index (χ2n) is 6.17. The van der Waals surface area contributed by atoms with Crippen molar-refractivity contribution in [2.75, 3.05) is 32.5 Å². The first-order chi connectivity index (χ1) is 10.5. The van der Waals surface area contributed by atoms with E-state index in [-0.39, 0.29) is 11.8 Å². The Balaban J connectivity index is 2.03. The Morgan fingerprint density at radius 1 is 1.27 bits per heavy atom. The summed E-state index contributed by atoms with van der Waals surface area (Å²) in [4.78, 5) is 25.8. The standard InChI is InChI=1S/C17H25N3O2/c1-12-4-5-14(17(22)20(2)3)11-15(12)19-16(21)10-13-6-8-18-9-7-13/h4-5,11,13,18H,6-10H2,1-3H3,(H,19,21). The number of carbonyl (C=O) groups is 2. The second-order valence-corrected chi connectivity index (χ2v) is 6.17. The minimum absolute atomic E-state index is 0.0319. The van der Waals surface area contributed by atoms with Gasteiger partial charge in [0.15, 0.2) is 0 Å². The zero-order chi connectivity index (χ0) is 16.1. The van der Waals surface area contributed by atoms with Crippen molar-refractivity contribution in [1.29, 1.82) is 0 Å². The number of benzene rings is 1. The van der Waals surface area contributed by atoms with Gasteiger partial charge in [-0.2, -0.15) is 0 Å². The van der Waals surface area contributed by atoms with E-state index >= 15 is 0 Å². The lowest BCUT2D eigenvalue weighted by molar-refractivity contribution is -0.117. The highest BCUT2D eigenvalue weighted by Gasteiger charge is 2.18. The van der Waals surface area contributed by atoms with Gasteiger partial charge in [0.2, 0.25) is 5.91 Å². The maximum absolute atomic E-state index is 12.2. The van der Waals surface area contributed by atoms with Gasteiger partial charge in [-0.25, -0.2) is 0 Å². The van der Waals surface area contributed by atoms with Crippen molar-refractivity contribution in [1.82, 2.24) is 10.2 Å². The van der Waals surface area contributed by atoms with E-state index in [0.717, 1.165) is 37.2 Å². The van der Waals surface area contributed by atoms with Crippen LogP contribution in [-0.2, 0) is 4.79 Å². The van der Waals surface area contributed by atoms with Crippen molar-refractivity contribution in [3.8, 4) is 0 Å². The van der Waals surface area contributed by atoms with E-state index in [1.165, 1.54) is 4.90 Å². The maximum Gasteiger partial charge on any atom is 0.253 e. The van der Waals surface area contributed by atoms with Crippen LogP contribution in [0.2, 0.25) is 0 Å². The molecule has 1 aromatic carbocycles. The highest BCUT2D eigenvalue weighted by atomic mass is 16.2. The molecule has 120 valence electrons. The van der Waals surface area contributed by atoms with Crippen LogP contribution in [0.3, 0.4) is 0 Å². The van der Waals surface area contributed by atoms with E-state index in [9.17, 15) is 9.59 Å². The van der Waals surface area contributed by atoms with Crippen LogP contribution in [0.5, 0.6) is 0 Å². The van der Waals surface area contributed by atoms with Crippen molar-refractivity contribution in [2.24, 2.45) is 5.92 Å². The smallest absolute Gasteiger partial charge is 0.253 e. The molecule has 0 aliphatic carbocycles. The molecule has 22 heavy (non-hydrogen) atoms. The maximum atomic E-state index is 12.2. The first-order valence-electron chi connectivity index (χ1n) is 7.80. The number of anilines is 1. The molecule has 1 aliphatic heterocycles. The molecule has 1 saturated heterocycles. The fourth-order valence-electron chi connectivity index (χ4n) is 2.70. The van der Waals surface area contributed by atoms with Crippen molar-refractivity contribution >= 4 is 17.5 Å². The average molecular weight is 303 g/mol. The predicted octanol–water partition coefficient (Wildman–Crippen LogP) is 2.03. The Labute approximate surface area is 132 Å². The molecule has 0 saturated carbocycles. The number of carbonyl (C=O) groups excluding carboxylic acids is 2. The molecule has 1 heterocycles. The molecule has 0 unspecified atom stereocenters. The van der Waals surface area contributed by atoms with Gasteiger partial charge in [0.25, 0.3) is 5.91 Å². The molecule has 5 nitrogen and oxygen atoms in total. The summed E-state index contributed by atoms with van der Waals surface area (Å²) in [5.41, 5.74) is 2.29. The predicted molar refractivity (Wildman–Crippen MR) is 88.0 cm³/mol. The summed E-state index contributed by atoms with van der Waals surface area (Å²) < 4.78 is 0. The summed E-state index contributed by atoms with van der Waals surface area (Å²) in [6, 6.07) is 5.43. The van der Waals surface area contributed by atoms with Crippen LogP contribution in [0.15, 0.2) is 18.2 Å². The molecule has 1 aromatic rings. The lowest BCUT2D eigenvalue weighted by Crippen LogP contribution is -2.30. The Morgan fingerprint density at radius 2 is 1.95 bits per heavy atom. The molecule has 0 spiro atoms. The molecule has 1 fully saturated rings. The Bertz CT molecular complexity index is 549. The van der Waals surface area contributed by atoms with Crippen molar-refractivity contribution < 1.29 is 9.59 Å². The summed E-state index contributed by atoms with van der Waals surface area (Å²) in [5, 5.41) is 6.27. The van der Waals surface area contributed by atoms with E-state index in [2.05, 4.69) is 10.6 Å². The fourth-order valence-corrected chi connectivity index (χ4v) is 2.70. The quantitative estimate of drug-likeness (QED) is 0.894. The second kappa shape index (κ2) is 7.40. The Hall–Kier alpha value is -1.88. The zero-order valence-corrected chi connectivity index (χ0v) is 13.6. The van der Waals surface area contributed by atoms with Crippen LogP contribution < -0.4 is 10.6 Å². The minimum Gasteiger partial charge on any atom is -0.345 e. The molecule has 0 bridgehead atoms. The van der Waals surface area contributed by atoms with Crippen LogP contribution in [0.25, 0.3) is 0 Å². The van der Waals surface area contributed by atoms with E-state index in [1.54, 1.807) is 26.2 Å². The monoisotopic (exact) mass is 303 g/mol. The molecule has 0 radical (unpaired) electrons. The number of rotatable bonds is 4. The Kier molecular flexibility index (Phi) is 5.55. The number of piperidine rings is 1. The first-order valence-corrected chi connectivity index (χ1v) is 7.80. The van der Waals surface area contributed by atoms with E-state index in [1.807, 2.05) is 13.0 Å². The van der Waals surface area contributed by atoms with Gasteiger partial charge in [-0.05, 0) is 56.5 Å². The number of amides is 2. The highest BCUT2D eigenvalue weighted by Crippen LogP contribution is 2.20. The van der Waals surface area contributed by atoms with Crippen LogP contribution in [0.4, 0.5) is 5.69 Å². The Morgan fingerprint density at radius 3 is 2.59 bits per heavy atom. The largest absolute Gasteiger partial charge is 0.345 e. The van der Waals surface area contributed by atoms with Gasteiger partial charge in [0, 0.05) is 31.8 Å². The highest BCUT2D eigenvalue weighted by molar-refractivity contribution is 5.97. The molecule has 0 aromatic heterocycles. The van der Waals surface area contributed by atoms with Crippen LogP contribution >= 0.6 is 0 Å². The normalized spacial score (nSPS) is 15.4. The van der Waals surface area contributed by atoms with Crippen LogP contribution in [-0.4, -0.2) is 43.9 Å². The SMILES string of the molecule is Cc1ccc(C(=O)N(C)C)cc1NC(=O)CC1CCNCC1. The van der Waals surface area contributed by atoms with Gasteiger partial charge in [0.1, 0.15) is 0 Å². The molecule has 2 amide bonds. The van der Waals surface area contributed by atoms with Crippen molar-refractivity contribution in [3.05, 3.63) is 29.3 Å². The summed E-state index contributed by atoms with van der Waals surface area (Å²) in [5.74, 6) is 0.423. The lowest BCUT2D eigenvalue weighted by atomic mass is 9.94. The molecule has 5 heteroatoms. The molecular formula is C17H25N3O2. The first kappa shape index (κ1) is 16.5. The minimum atomic E-state index is -0.0612. The number of hydrogen-bond donors (Lipinski definition) is 2. The van der Waals surface area contributed by atoms with Crippen molar-refractivity contribution in [2.45, 2.75) is 26.2 Å². The molecule has 0 atom stereocenters. The zero-order valence-electron chi connectivity index (χ0n) is 13.6. The molecule has 1 aliphatic rings. The molecule has 2 rings (SSSR count). The van der Waals surface area contributed by atoms with Gasteiger partial charge in [-0.3, -0.25) is 9.59 Å². The lowest BCUT2D eigenvalue weighted by Gasteiger charge is -2.22. The summed E-state index contributed by atoms with van der Waals surface area (Å²) in [6.07, 6.45) is 2.64. The number of aryl methyl sites for hydroxylation is 1. The van der Waals surface area contributed by atoms with Crippen molar-refractivity contribution in [3.63, 3.8) is 0 Å². The van der Waals surface area contributed by atoms with E-state index < -0.39 is 0 Å². The molecule has 2 N–H and O–H groups in total. The summed E-state index contributed by atoms with van der Waals surface area (Å²) >= 11 is 0. The fraction of sp³-hybridized carbons (Fsp3) is 0.529.